The lowest BCUT2D eigenvalue weighted by atomic mass is 10.1. The molecule has 18 heavy (non-hydrogen) atoms. The lowest BCUT2D eigenvalue weighted by molar-refractivity contribution is 0.0492. The van der Waals surface area contributed by atoms with Gasteiger partial charge >= 0.3 is 5.97 Å². The molecule has 96 valence electrons. The van der Waals surface area contributed by atoms with Crippen molar-refractivity contribution in [3.63, 3.8) is 0 Å². The van der Waals surface area contributed by atoms with Gasteiger partial charge in [-0.25, -0.2) is 4.79 Å². The Bertz CT molecular complexity index is 557. The number of fused-ring (bicyclic) bond motifs is 1. The fourth-order valence-corrected chi connectivity index (χ4v) is 1.90. The van der Waals surface area contributed by atoms with E-state index in [1.165, 1.54) is 0 Å². The van der Waals surface area contributed by atoms with Crippen molar-refractivity contribution in [2.75, 3.05) is 20.7 Å². The van der Waals surface area contributed by atoms with Crippen molar-refractivity contribution < 1.29 is 13.9 Å². The Kier molecular flexibility index (Phi) is 3.67. The number of rotatable bonds is 4. The predicted octanol–water partition coefficient (Wildman–Crippen LogP) is 2.67. The van der Waals surface area contributed by atoms with Gasteiger partial charge in [-0.05, 0) is 38.7 Å². The van der Waals surface area contributed by atoms with Crippen LogP contribution in [0.1, 0.15) is 23.0 Å². The first-order valence-corrected chi connectivity index (χ1v) is 5.95. The van der Waals surface area contributed by atoms with Gasteiger partial charge in [0.1, 0.15) is 5.58 Å². The van der Waals surface area contributed by atoms with Crippen LogP contribution in [0.15, 0.2) is 28.7 Å². The highest BCUT2D eigenvalue weighted by molar-refractivity contribution is 5.93. The summed E-state index contributed by atoms with van der Waals surface area (Å²) in [5.41, 5.74) is 1.86. The van der Waals surface area contributed by atoms with Crippen molar-refractivity contribution in [3.8, 4) is 0 Å². The van der Waals surface area contributed by atoms with Gasteiger partial charge in [-0.1, -0.05) is 12.1 Å². The van der Waals surface area contributed by atoms with Crippen LogP contribution in [0, 0.1) is 0 Å². The second-order valence-corrected chi connectivity index (χ2v) is 4.40. The molecule has 0 fully saturated rings. The molecule has 0 spiro atoms. The number of hydrogen-bond donors (Lipinski definition) is 0. The van der Waals surface area contributed by atoms with Crippen molar-refractivity contribution in [2.24, 2.45) is 0 Å². The van der Waals surface area contributed by atoms with E-state index in [1.54, 1.807) is 13.0 Å². The Balaban J connectivity index is 2.41. The summed E-state index contributed by atoms with van der Waals surface area (Å²) in [6, 6.07) is 7.58. The van der Waals surface area contributed by atoms with E-state index in [4.69, 9.17) is 9.15 Å². The summed E-state index contributed by atoms with van der Waals surface area (Å²) < 4.78 is 10.4. The number of nitrogens with zero attached hydrogens (tertiary/aromatic N) is 1. The third kappa shape index (κ3) is 2.54. The molecule has 1 aromatic carbocycles. The molecule has 0 saturated carbocycles. The van der Waals surface area contributed by atoms with Crippen LogP contribution in [-0.4, -0.2) is 31.6 Å². The van der Waals surface area contributed by atoms with Crippen molar-refractivity contribution in [3.05, 3.63) is 35.6 Å². The lowest BCUT2D eigenvalue weighted by Gasteiger charge is -2.09. The Morgan fingerprint density at radius 3 is 2.83 bits per heavy atom. The second-order valence-electron chi connectivity index (χ2n) is 4.40. The predicted molar refractivity (Wildman–Crippen MR) is 69.6 cm³/mol. The first-order valence-electron chi connectivity index (χ1n) is 5.95. The summed E-state index contributed by atoms with van der Waals surface area (Å²) >= 11 is 0. The summed E-state index contributed by atoms with van der Waals surface area (Å²) in [6.07, 6.45) is 0. The number of carbonyl (C=O) groups excluding carboxylic acids is 1. The van der Waals surface area contributed by atoms with Gasteiger partial charge in [0.25, 0.3) is 0 Å². The molecule has 4 heteroatoms. The normalized spacial score (nSPS) is 11.1. The molecule has 0 aliphatic heterocycles. The molecule has 0 saturated heterocycles. The van der Waals surface area contributed by atoms with E-state index in [1.807, 2.05) is 32.3 Å². The Hall–Kier alpha value is -1.81. The van der Waals surface area contributed by atoms with Crippen LogP contribution >= 0.6 is 0 Å². The van der Waals surface area contributed by atoms with Crippen LogP contribution in [0.2, 0.25) is 0 Å². The average Bonchev–Trinajstić information content (AvgIpc) is 2.73. The van der Waals surface area contributed by atoms with Gasteiger partial charge in [0.15, 0.2) is 0 Å². The summed E-state index contributed by atoms with van der Waals surface area (Å²) in [5, 5.41) is 0.967. The minimum absolute atomic E-state index is 0.262. The monoisotopic (exact) mass is 247 g/mol. The molecule has 0 N–H and O–H groups in total. The molecule has 2 rings (SSSR count). The summed E-state index contributed by atoms with van der Waals surface area (Å²) in [6.45, 7) is 2.93. The Morgan fingerprint density at radius 1 is 1.39 bits per heavy atom. The van der Waals surface area contributed by atoms with Crippen LogP contribution in [0.4, 0.5) is 0 Å². The maximum absolute atomic E-state index is 11.6. The molecule has 1 aromatic heterocycles. The molecule has 0 unspecified atom stereocenters. The largest absolute Gasteiger partial charge is 0.460 e. The zero-order valence-corrected chi connectivity index (χ0v) is 10.9. The van der Waals surface area contributed by atoms with Crippen LogP contribution in [0.25, 0.3) is 11.0 Å². The van der Waals surface area contributed by atoms with Gasteiger partial charge < -0.3 is 14.1 Å². The molecule has 2 aromatic rings. The van der Waals surface area contributed by atoms with Gasteiger partial charge in [-0.15, -0.1) is 0 Å². The lowest BCUT2D eigenvalue weighted by Crippen LogP contribution is -2.10. The molecule has 0 aliphatic carbocycles. The van der Waals surface area contributed by atoms with E-state index in [9.17, 15) is 4.79 Å². The van der Waals surface area contributed by atoms with E-state index in [0.717, 1.165) is 23.1 Å². The minimum Gasteiger partial charge on any atom is -0.460 e. The summed E-state index contributed by atoms with van der Waals surface area (Å²) in [7, 11) is 4.01. The molecule has 0 aliphatic rings. The second kappa shape index (κ2) is 5.23. The molecule has 1 heterocycles. The molecular formula is C14H17NO3. The zero-order valence-electron chi connectivity index (χ0n) is 10.9. The van der Waals surface area contributed by atoms with E-state index >= 15 is 0 Å². The van der Waals surface area contributed by atoms with E-state index in [2.05, 4.69) is 4.90 Å². The zero-order chi connectivity index (χ0) is 13.1. The van der Waals surface area contributed by atoms with Crippen molar-refractivity contribution in [2.45, 2.75) is 13.5 Å². The SMILES string of the molecule is CCOC(=O)c1cc2c(CN(C)C)cccc2o1. The van der Waals surface area contributed by atoms with Crippen molar-refractivity contribution in [1.82, 2.24) is 4.90 Å². The minimum atomic E-state index is -0.412. The highest BCUT2D eigenvalue weighted by atomic mass is 16.5. The smallest absolute Gasteiger partial charge is 0.374 e. The number of hydrogen-bond acceptors (Lipinski definition) is 4. The number of benzene rings is 1. The standard InChI is InChI=1S/C14H17NO3/c1-4-17-14(16)13-8-11-10(9-15(2)3)6-5-7-12(11)18-13/h5-8H,4,9H2,1-3H3. The maximum Gasteiger partial charge on any atom is 0.374 e. The average molecular weight is 247 g/mol. The van der Waals surface area contributed by atoms with Gasteiger partial charge in [0, 0.05) is 11.9 Å². The Labute approximate surface area is 106 Å². The van der Waals surface area contributed by atoms with Crippen molar-refractivity contribution >= 4 is 16.9 Å². The van der Waals surface area contributed by atoms with E-state index < -0.39 is 5.97 Å². The molecule has 0 radical (unpaired) electrons. The maximum atomic E-state index is 11.6. The molecular weight excluding hydrogens is 230 g/mol. The van der Waals surface area contributed by atoms with Crippen LogP contribution < -0.4 is 0 Å². The topological polar surface area (TPSA) is 42.7 Å². The summed E-state index contributed by atoms with van der Waals surface area (Å²) in [5.74, 6) is -0.150. The number of furan rings is 1. The van der Waals surface area contributed by atoms with Crippen LogP contribution in [0.5, 0.6) is 0 Å². The van der Waals surface area contributed by atoms with E-state index in [0.29, 0.717) is 6.61 Å². The highest BCUT2D eigenvalue weighted by Gasteiger charge is 2.15. The fraction of sp³-hybridized carbons (Fsp3) is 0.357. The third-order valence-corrected chi connectivity index (χ3v) is 2.61. The quantitative estimate of drug-likeness (QED) is 0.779. The molecule has 0 amide bonds. The Morgan fingerprint density at radius 2 is 2.17 bits per heavy atom. The number of carbonyl (C=O) groups is 1. The van der Waals surface area contributed by atoms with Gasteiger partial charge in [-0.2, -0.15) is 0 Å². The third-order valence-electron chi connectivity index (χ3n) is 2.61. The van der Waals surface area contributed by atoms with Crippen LogP contribution in [-0.2, 0) is 11.3 Å². The number of ether oxygens (including phenoxy) is 1. The molecule has 4 nitrogen and oxygen atoms in total. The van der Waals surface area contributed by atoms with Gasteiger partial charge in [0.2, 0.25) is 5.76 Å². The first-order chi connectivity index (χ1) is 8.61. The van der Waals surface area contributed by atoms with E-state index in [-0.39, 0.29) is 5.76 Å². The fourth-order valence-electron chi connectivity index (χ4n) is 1.90. The summed E-state index contributed by atoms with van der Waals surface area (Å²) in [4.78, 5) is 13.7. The van der Waals surface area contributed by atoms with Crippen molar-refractivity contribution in [1.29, 1.82) is 0 Å². The first kappa shape index (κ1) is 12.6. The van der Waals surface area contributed by atoms with Gasteiger partial charge in [-0.3, -0.25) is 0 Å². The molecule has 0 bridgehead atoms. The molecule has 0 atom stereocenters. The van der Waals surface area contributed by atoms with Gasteiger partial charge in [0.05, 0.1) is 6.61 Å². The number of esters is 1. The highest BCUT2D eigenvalue weighted by Crippen LogP contribution is 2.24. The van der Waals surface area contributed by atoms with Crippen LogP contribution in [0.3, 0.4) is 0 Å².